The maximum Gasteiger partial charge on any atom is 0.192 e. The highest BCUT2D eigenvalue weighted by Crippen LogP contribution is 2.40. The molecule has 2 nitrogen and oxygen atoms in total. The van der Waals surface area contributed by atoms with Crippen LogP contribution in [0.3, 0.4) is 0 Å². The fourth-order valence-electron chi connectivity index (χ4n) is 2.77. The smallest absolute Gasteiger partial charge is 0.192 e. The largest absolute Gasteiger partial charge is 0.417 e. The Hall–Kier alpha value is -0.129. The van der Waals surface area contributed by atoms with E-state index < -0.39 is 24.7 Å². The van der Waals surface area contributed by atoms with E-state index in [1.54, 1.807) is 0 Å². The van der Waals surface area contributed by atoms with Crippen LogP contribution in [0.1, 0.15) is 67.2 Å². The summed E-state index contributed by atoms with van der Waals surface area (Å²) in [6.45, 7) is 35.2. The van der Waals surface area contributed by atoms with Gasteiger partial charge in [-0.15, -0.1) is 18.0 Å². The zero-order valence-electron chi connectivity index (χ0n) is 23.3. The van der Waals surface area contributed by atoms with Gasteiger partial charge in [0.05, 0.1) is 6.10 Å². The molecule has 0 unspecified atom stereocenters. The predicted octanol–water partition coefficient (Wildman–Crippen LogP) is 8.64. The van der Waals surface area contributed by atoms with Crippen molar-refractivity contribution in [3.05, 3.63) is 12.7 Å². The van der Waals surface area contributed by atoms with E-state index in [0.717, 1.165) is 32.3 Å². The van der Waals surface area contributed by atoms with E-state index in [-0.39, 0.29) is 16.2 Å². The van der Waals surface area contributed by atoms with Gasteiger partial charge in [0, 0.05) is 18.9 Å². The van der Waals surface area contributed by atoms with Gasteiger partial charge in [0.15, 0.2) is 16.6 Å². The minimum Gasteiger partial charge on any atom is -0.417 e. The number of rotatable bonds is 11. The molecule has 2 atom stereocenters. The van der Waals surface area contributed by atoms with Gasteiger partial charge in [-0.25, -0.2) is 0 Å². The lowest BCUT2D eigenvalue weighted by molar-refractivity contribution is 0.116. The van der Waals surface area contributed by atoms with Gasteiger partial charge in [-0.3, -0.25) is 0 Å². The molecule has 0 aromatic heterocycles. The topological polar surface area (TPSA) is 18.5 Å². The molecule has 0 rings (SSSR count). The molecule has 31 heavy (non-hydrogen) atoms. The van der Waals surface area contributed by atoms with Gasteiger partial charge in [0.2, 0.25) is 0 Å². The molecule has 0 amide bonds. The molecular formula is C26H54O2Si3. The van der Waals surface area contributed by atoms with Gasteiger partial charge >= 0.3 is 0 Å². The second-order valence-electron chi connectivity index (χ2n) is 13.2. The van der Waals surface area contributed by atoms with Crippen LogP contribution in [-0.2, 0) is 8.85 Å². The van der Waals surface area contributed by atoms with Crippen LogP contribution in [0.25, 0.3) is 0 Å². The van der Waals surface area contributed by atoms with E-state index >= 15 is 0 Å². The van der Waals surface area contributed by atoms with Crippen molar-refractivity contribution in [2.45, 2.75) is 129 Å². The molecular weight excluding hydrogens is 429 g/mol. The average Bonchev–Trinajstić information content (AvgIpc) is 2.54. The van der Waals surface area contributed by atoms with E-state index in [4.69, 9.17) is 8.85 Å². The molecule has 0 heterocycles. The summed E-state index contributed by atoms with van der Waals surface area (Å²) in [4.78, 5) is 0. The highest BCUT2D eigenvalue weighted by atomic mass is 28.4. The average molecular weight is 483 g/mol. The molecule has 0 saturated heterocycles. The van der Waals surface area contributed by atoms with Gasteiger partial charge in [-0.05, 0) is 55.5 Å². The van der Waals surface area contributed by atoms with Gasteiger partial charge < -0.3 is 8.85 Å². The van der Waals surface area contributed by atoms with Crippen molar-refractivity contribution in [2.75, 3.05) is 6.61 Å². The molecule has 0 saturated carbocycles. The summed E-state index contributed by atoms with van der Waals surface area (Å²) in [6.07, 6.45) is 6.34. The molecule has 5 heteroatoms. The van der Waals surface area contributed by atoms with Crippen LogP contribution in [0, 0.1) is 17.4 Å². The monoisotopic (exact) mass is 482 g/mol. The Morgan fingerprint density at radius 3 is 1.77 bits per heavy atom. The first-order valence-electron chi connectivity index (χ1n) is 12.2. The van der Waals surface area contributed by atoms with Crippen molar-refractivity contribution in [1.29, 1.82) is 0 Å². The molecule has 0 bridgehead atoms. The van der Waals surface area contributed by atoms with Crippen molar-refractivity contribution in [1.82, 2.24) is 0 Å². The lowest BCUT2D eigenvalue weighted by atomic mass is 9.94. The highest BCUT2D eigenvalue weighted by Gasteiger charge is 2.40. The minimum absolute atomic E-state index is 0.201. The number of hydrogen-bond acceptors (Lipinski definition) is 2. The van der Waals surface area contributed by atoms with Gasteiger partial charge in [-0.2, -0.15) is 0 Å². The molecule has 0 radical (unpaired) electrons. The predicted molar refractivity (Wildman–Crippen MR) is 148 cm³/mol. The quantitative estimate of drug-likeness (QED) is 0.127. The third kappa shape index (κ3) is 11.5. The Labute approximate surface area is 199 Å². The Morgan fingerprint density at radius 1 is 0.839 bits per heavy atom. The van der Waals surface area contributed by atoms with Crippen molar-refractivity contribution in [3.8, 4) is 11.5 Å². The van der Waals surface area contributed by atoms with Crippen LogP contribution < -0.4 is 0 Å². The van der Waals surface area contributed by atoms with Crippen molar-refractivity contribution in [2.24, 2.45) is 5.92 Å². The van der Waals surface area contributed by atoms with Crippen molar-refractivity contribution in [3.63, 3.8) is 0 Å². The van der Waals surface area contributed by atoms with Crippen LogP contribution in [0.2, 0.25) is 55.9 Å². The van der Waals surface area contributed by atoms with Crippen LogP contribution in [-0.4, -0.2) is 37.4 Å². The molecule has 0 aromatic carbocycles. The van der Waals surface area contributed by atoms with Crippen molar-refractivity contribution >= 4 is 24.7 Å². The molecule has 182 valence electrons. The molecule has 0 aliphatic rings. The van der Waals surface area contributed by atoms with Crippen molar-refractivity contribution < 1.29 is 8.85 Å². The Morgan fingerprint density at radius 2 is 1.35 bits per heavy atom. The summed E-state index contributed by atoms with van der Waals surface area (Å²) in [5.74, 6) is 3.79. The third-order valence-electron chi connectivity index (χ3n) is 7.00. The van der Waals surface area contributed by atoms with E-state index in [9.17, 15) is 0 Å². The second-order valence-corrected chi connectivity index (χ2v) is 27.5. The normalized spacial score (nSPS) is 15.8. The standard InChI is InChI=1S/C26H54O2Si3/c1-15-23(19-16-17-22-29(8,9)10)24(28-31(13,14)26(5,6)7)20-18-21-27-30(11,12)25(2,3)4/h15,23-24H,1,16,18-21H2,2-14H3/t23-,24+/m0/s1. The Balaban J connectivity index is 5.26. The fraction of sp³-hybridized carbons (Fsp3) is 0.846. The molecule has 0 aromatic rings. The summed E-state index contributed by atoms with van der Waals surface area (Å²) in [5, 5.41) is 0.453. The SMILES string of the molecule is C=C[C@@H](CCC#C[Si](C)(C)C)[C@@H](CCCO[Si](C)(C)C(C)(C)C)O[Si](C)(C)C(C)(C)C. The Kier molecular flexibility index (Phi) is 11.8. The first-order chi connectivity index (χ1) is 13.7. The van der Waals surface area contributed by atoms with E-state index in [0.29, 0.717) is 5.92 Å². The van der Waals surface area contributed by atoms with E-state index in [1.165, 1.54) is 0 Å². The molecule has 0 N–H and O–H groups in total. The maximum atomic E-state index is 6.94. The zero-order valence-corrected chi connectivity index (χ0v) is 26.3. The first kappa shape index (κ1) is 30.9. The van der Waals surface area contributed by atoms with E-state index in [1.807, 2.05) is 0 Å². The molecule has 0 aliphatic carbocycles. The lowest BCUT2D eigenvalue weighted by Crippen LogP contribution is -2.46. The van der Waals surface area contributed by atoms with Crippen LogP contribution in [0.15, 0.2) is 12.7 Å². The zero-order chi connectivity index (χ0) is 24.7. The van der Waals surface area contributed by atoms with Crippen LogP contribution in [0.4, 0.5) is 0 Å². The van der Waals surface area contributed by atoms with Crippen LogP contribution >= 0.6 is 0 Å². The summed E-state index contributed by atoms with van der Waals surface area (Å²) in [6, 6.07) is 0. The summed E-state index contributed by atoms with van der Waals surface area (Å²) in [7, 11) is -4.87. The van der Waals surface area contributed by atoms with Crippen LogP contribution in [0.5, 0.6) is 0 Å². The summed E-state index contributed by atoms with van der Waals surface area (Å²) < 4.78 is 13.4. The minimum atomic E-state index is -1.86. The van der Waals surface area contributed by atoms with E-state index in [2.05, 4.69) is 111 Å². The highest BCUT2D eigenvalue weighted by molar-refractivity contribution is 6.83. The lowest BCUT2D eigenvalue weighted by Gasteiger charge is -2.41. The molecule has 0 aliphatic heterocycles. The molecule has 0 spiro atoms. The van der Waals surface area contributed by atoms with Gasteiger partial charge in [-0.1, -0.05) is 67.3 Å². The van der Waals surface area contributed by atoms with Gasteiger partial charge in [0.1, 0.15) is 8.07 Å². The molecule has 0 fully saturated rings. The van der Waals surface area contributed by atoms with Gasteiger partial charge in [0.25, 0.3) is 0 Å². The fourth-order valence-corrected chi connectivity index (χ4v) is 5.91. The Bertz CT molecular complexity index is 608. The first-order valence-corrected chi connectivity index (χ1v) is 21.5. The summed E-state index contributed by atoms with van der Waals surface area (Å²) >= 11 is 0. The number of hydrogen-bond donors (Lipinski definition) is 0. The third-order valence-corrected chi connectivity index (χ3v) is 17.0. The summed E-state index contributed by atoms with van der Waals surface area (Å²) in [5.41, 5.74) is 3.50. The maximum absolute atomic E-state index is 6.94. The second kappa shape index (κ2) is 11.8.